The van der Waals surface area contributed by atoms with E-state index in [1.807, 2.05) is 6.92 Å². The fraction of sp³-hybridized carbons (Fsp3) is 0.522. The minimum atomic E-state index is -0.598. The van der Waals surface area contributed by atoms with Crippen molar-refractivity contribution in [3.63, 3.8) is 0 Å². The van der Waals surface area contributed by atoms with E-state index in [4.69, 9.17) is 4.74 Å². The average Bonchev–Trinajstić information content (AvgIpc) is 3.11. The highest BCUT2D eigenvalue weighted by Crippen LogP contribution is 2.27. The second-order valence-corrected chi connectivity index (χ2v) is 8.39. The van der Waals surface area contributed by atoms with Gasteiger partial charge in [-0.25, -0.2) is 13.9 Å². The molecule has 6 nitrogen and oxygen atoms in total. The molecular weight excluding hydrogens is 385 g/mol. The molecule has 162 valence electrons. The molecule has 2 aromatic rings. The maximum absolute atomic E-state index is 13.3. The Labute approximate surface area is 176 Å². The fourth-order valence-corrected chi connectivity index (χ4v) is 3.73. The van der Waals surface area contributed by atoms with Gasteiger partial charge in [0, 0.05) is 17.3 Å². The highest BCUT2D eigenvalue weighted by atomic mass is 19.1. The smallest absolute Gasteiger partial charge is 0.359 e. The molecule has 0 spiro atoms. The predicted octanol–water partition coefficient (Wildman–Crippen LogP) is 3.99. The van der Waals surface area contributed by atoms with E-state index in [-0.39, 0.29) is 30.1 Å². The van der Waals surface area contributed by atoms with E-state index in [2.05, 4.69) is 24.3 Å². The van der Waals surface area contributed by atoms with Crippen LogP contribution in [0.3, 0.4) is 0 Å². The molecule has 1 aromatic carbocycles. The van der Waals surface area contributed by atoms with Crippen molar-refractivity contribution in [2.45, 2.75) is 65.3 Å². The van der Waals surface area contributed by atoms with Gasteiger partial charge in [0.1, 0.15) is 5.82 Å². The number of nitrogens with zero attached hydrogens (tertiary/aromatic N) is 2. The van der Waals surface area contributed by atoms with E-state index in [1.54, 1.807) is 16.8 Å². The van der Waals surface area contributed by atoms with Crippen molar-refractivity contribution in [1.82, 2.24) is 15.1 Å². The van der Waals surface area contributed by atoms with Crippen LogP contribution in [0.5, 0.6) is 0 Å². The van der Waals surface area contributed by atoms with Crippen molar-refractivity contribution in [2.75, 3.05) is 6.61 Å². The monoisotopic (exact) mass is 415 g/mol. The quantitative estimate of drug-likeness (QED) is 0.662. The van der Waals surface area contributed by atoms with Gasteiger partial charge in [0.15, 0.2) is 12.3 Å². The Bertz CT molecular complexity index is 890. The number of aromatic nitrogens is 2. The Morgan fingerprint density at radius 3 is 2.53 bits per heavy atom. The minimum Gasteiger partial charge on any atom is -0.451 e. The molecule has 3 rings (SSSR count). The van der Waals surface area contributed by atoms with Crippen LogP contribution in [0.25, 0.3) is 5.69 Å². The van der Waals surface area contributed by atoms with Gasteiger partial charge in [-0.1, -0.05) is 13.8 Å². The van der Waals surface area contributed by atoms with Gasteiger partial charge in [-0.15, -0.1) is 0 Å². The second kappa shape index (κ2) is 9.87. The van der Waals surface area contributed by atoms with Crippen molar-refractivity contribution in [1.29, 1.82) is 0 Å². The number of halogens is 1. The third-order valence-corrected chi connectivity index (χ3v) is 5.36. The first kappa shape index (κ1) is 22.0. The lowest BCUT2D eigenvalue weighted by molar-refractivity contribution is -0.124. The Hall–Kier alpha value is -2.70. The van der Waals surface area contributed by atoms with Gasteiger partial charge >= 0.3 is 5.97 Å². The zero-order chi connectivity index (χ0) is 21.7. The predicted molar refractivity (Wildman–Crippen MR) is 112 cm³/mol. The van der Waals surface area contributed by atoms with Crippen molar-refractivity contribution in [3.05, 3.63) is 47.0 Å². The summed E-state index contributed by atoms with van der Waals surface area (Å²) in [5, 5.41) is 7.33. The van der Waals surface area contributed by atoms with Gasteiger partial charge in [0.05, 0.1) is 5.69 Å². The van der Waals surface area contributed by atoms with Crippen LogP contribution in [0.4, 0.5) is 4.39 Å². The summed E-state index contributed by atoms with van der Waals surface area (Å²) in [6.07, 6.45) is 5.41. The number of fused-ring (bicyclic) bond motifs is 1. The largest absolute Gasteiger partial charge is 0.451 e. The molecule has 0 aliphatic heterocycles. The SMILES string of the molecule is CC(C)CC[C@H](C)NC(=O)COC(=O)c1nn(-c2ccc(F)cc2)c2c1CCCC2. The summed E-state index contributed by atoms with van der Waals surface area (Å²) in [6, 6.07) is 6.05. The van der Waals surface area contributed by atoms with Crippen LogP contribution in [0.15, 0.2) is 24.3 Å². The van der Waals surface area contributed by atoms with Gasteiger partial charge in [0.2, 0.25) is 0 Å². The molecule has 0 saturated carbocycles. The normalized spacial score (nSPS) is 14.3. The molecule has 1 aromatic heterocycles. The first-order valence-electron chi connectivity index (χ1n) is 10.7. The van der Waals surface area contributed by atoms with Crippen LogP contribution < -0.4 is 5.32 Å². The van der Waals surface area contributed by atoms with E-state index >= 15 is 0 Å². The number of rotatable bonds is 8. The highest BCUT2D eigenvalue weighted by molar-refractivity contribution is 5.91. The zero-order valence-electron chi connectivity index (χ0n) is 17.9. The summed E-state index contributed by atoms with van der Waals surface area (Å²) >= 11 is 0. The van der Waals surface area contributed by atoms with Crippen molar-refractivity contribution >= 4 is 11.9 Å². The van der Waals surface area contributed by atoms with E-state index in [9.17, 15) is 14.0 Å². The lowest BCUT2D eigenvalue weighted by Gasteiger charge is -2.15. The fourth-order valence-electron chi connectivity index (χ4n) is 3.73. The van der Waals surface area contributed by atoms with Crippen molar-refractivity contribution in [3.8, 4) is 5.69 Å². The molecule has 0 unspecified atom stereocenters. The van der Waals surface area contributed by atoms with E-state index in [0.717, 1.165) is 49.8 Å². The van der Waals surface area contributed by atoms with Gasteiger partial charge in [-0.3, -0.25) is 4.79 Å². The number of ether oxygens (including phenoxy) is 1. The molecule has 1 heterocycles. The number of amides is 1. The molecule has 30 heavy (non-hydrogen) atoms. The number of carbonyl (C=O) groups is 2. The first-order valence-corrected chi connectivity index (χ1v) is 10.7. The summed E-state index contributed by atoms with van der Waals surface area (Å²) in [5.41, 5.74) is 2.76. The molecule has 0 saturated heterocycles. The van der Waals surface area contributed by atoms with Crippen LogP contribution in [0, 0.1) is 11.7 Å². The number of carbonyl (C=O) groups excluding carboxylic acids is 2. The second-order valence-electron chi connectivity index (χ2n) is 8.39. The first-order chi connectivity index (χ1) is 14.3. The lowest BCUT2D eigenvalue weighted by atomic mass is 9.95. The molecule has 0 radical (unpaired) electrons. The Balaban J connectivity index is 1.67. The number of benzene rings is 1. The minimum absolute atomic E-state index is 0.0315. The van der Waals surface area contributed by atoms with Crippen molar-refractivity contribution in [2.24, 2.45) is 5.92 Å². The zero-order valence-corrected chi connectivity index (χ0v) is 17.9. The van der Waals surface area contributed by atoms with Crippen molar-refractivity contribution < 1.29 is 18.7 Å². The van der Waals surface area contributed by atoms with Crippen LogP contribution in [-0.4, -0.2) is 34.3 Å². The highest BCUT2D eigenvalue weighted by Gasteiger charge is 2.27. The van der Waals surface area contributed by atoms with Crippen LogP contribution in [-0.2, 0) is 22.4 Å². The summed E-state index contributed by atoms with van der Waals surface area (Å²) in [6.45, 7) is 5.90. The molecule has 1 N–H and O–H groups in total. The summed E-state index contributed by atoms with van der Waals surface area (Å²) in [7, 11) is 0. The standard InChI is InChI=1S/C23H30FN3O3/c1-15(2)8-9-16(3)25-21(28)14-30-23(29)22-19-6-4-5-7-20(19)27(26-22)18-12-10-17(24)11-13-18/h10-13,15-16H,4-9,14H2,1-3H3,(H,25,28)/t16-/m0/s1. The molecule has 1 aliphatic carbocycles. The number of hydrogen-bond donors (Lipinski definition) is 1. The summed E-state index contributed by atoms with van der Waals surface area (Å²) in [5.74, 6) is -0.664. The lowest BCUT2D eigenvalue weighted by Crippen LogP contribution is -2.36. The Morgan fingerprint density at radius 2 is 1.83 bits per heavy atom. The molecule has 1 atom stereocenters. The number of esters is 1. The van der Waals surface area contributed by atoms with Gasteiger partial charge in [-0.05, 0) is 75.6 Å². The van der Waals surface area contributed by atoms with Gasteiger partial charge < -0.3 is 10.1 Å². The van der Waals surface area contributed by atoms with Gasteiger partial charge in [-0.2, -0.15) is 5.10 Å². The topological polar surface area (TPSA) is 73.2 Å². The van der Waals surface area contributed by atoms with E-state index in [1.165, 1.54) is 12.1 Å². The molecule has 0 bridgehead atoms. The summed E-state index contributed by atoms with van der Waals surface area (Å²) in [4.78, 5) is 24.8. The molecular formula is C23H30FN3O3. The number of hydrogen-bond acceptors (Lipinski definition) is 4. The molecule has 1 aliphatic rings. The Kier molecular flexibility index (Phi) is 7.24. The summed E-state index contributed by atoms with van der Waals surface area (Å²) < 4.78 is 20.2. The average molecular weight is 416 g/mol. The molecule has 1 amide bonds. The van der Waals surface area contributed by atoms with Crippen LogP contribution in [0.2, 0.25) is 0 Å². The third kappa shape index (κ3) is 5.46. The van der Waals surface area contributed by atoms with E-state index < -0.39 is 5.97 Å². The maximum Gasteiger partial charge on any atom is 0.359 e. The van der Waals surface area contributed by atoms with E-state index in [0.29, 0.717) is 11.6 Å². The molecule has 7 heteroatoms. The van der Waals surface area contributed by atoms with Crippen LogP contribution >= 0.6 is 0 Å². The maximum atomic E-state index is 13.3. The number of nitrogens with one attached hydrogen (secondary N) is 1. The molecule has 0 fully saturated rings. The third-order valence-electron chi connectivity index (χ3n) is 5.36. The Morgan fingerprint density at radius 1 is 1.13 bits per heavy atom. The van der Waals surface area contributed by atoms with Gasteiger partial charge in [0.25, 0.3) is 5.91 Å². The van der Waals surface area contributed by atoms with Crippen LogP contribution in [0.1, 0.15) is 68.2 Å².